The van der Waals surface area contributed by atoms with Gasteiger partial charge in [0.1, 0.15) is 23.9 Å². The van der Waals surface area contributed by atoms with Crippen LogP contribution in [0.25, 0.3) is 0 Å². The summed E-state index contributed by atoms with van der Waals surface area (Å²) in [6.07, 6.45) is -1.55. The minimum Gasteiger partial charge on any atom is -0.337 e. The number of hydrogen-bond acceptors (Lipinski definition) is 6. The van der Waals surface area contributed by atoms with Crippen molar-refractivity contribution in [3.05, 3.63) is 53.6 Å². The molecule has 1 aromatic heterocycles. The Bertz CT molecular complexity index is 1130. The van der Waals surface area contributed by atoms with E-state index in [0.717, 1.165) is 31.2 Å². The van der Waals surface area contributed by atoms with E-state index in [1.165, 1.54) is 24.3 Å². The molecule has 2 heterocycles. The summed E-state index contributed by atoms with van der Waals surface area (Å²) in [5, 5.41) is 0. The van der Waals surface area contributed by atoms with E-state index in [4.69, 9.17) is 0 Å². The maximum absolute atomic E-state index is 14.1. The molecular formula is C20H20F4N4O2S. The molecule has 1 aromatic carbocycles. The van der Waals surface area contributed by atoms with Crippen molar-refractivity contribution in [2.75, 3.05) is 31.0 Å². The molecule has 166 valence electrons. The summed E-state index contributed by atoms with van der Waals surface area (Å²) in [5.41, 5.74) is -0.545. The lowest BCUT2D eigenvalue weighted by Gasteiger charge is -2.37. The van der Waals surface area contributed by atoms with Crippen LogP contribution in [-0.2, 0) is 16.0 Å². The SMILES string of the molecule is CS(=O)(=O)c1cc(F)cc(N2CN=C(c3cccc(C(F)(F)F)n3)N(CC3CC3)C2)c1. The van der Waals surface area contributed by atoms with Crippen molar-refractivity contribution in [3.63, 3.8) is 0 Å². The molecule has 0 bridgehead atoms. The van der Waals surface area contributed by atoms with E-state index in [1.807, 2.05) is 4.90 Å². The molecule has 6 nitrogen and oxygen atoms in total. The number of pyridine rings is 1. The summed E-state index contributed by atoms with van der Waals surface area (Å²) < 4.78 is 77.1. The number of rotatable bonds is 5. The van der Waals surface area contributed by atoms with Crippen LogP contribution in [0.1, 0.15) is 24.2 Å². The predicted octanol–water partition coefficient (Wildman–Crippen LogP) is 3.54. The molecule has 31 heavy (non-hydrogen) atoms. The van der Waals surface area contributed by atoms with Crippen molar-refractivity contribution < 1.29 is 26.0 Å². The molecule has 1 fully saturated rings. The summed E-state index contributed by atoms with van der Waals surface area (Å²) in [7, 11) is -3.61. The van der Waals surface area contributed by atoms with Gasteiger partial charge in [0.25, 0.3) is 0 Å². The third kappa shape index (κ3) is 4.97. The Morgan fingerprint density at radius 1 is 1.16 bits per heavy atom. The van der Waals surface area contributed by atoms with Crippen LogP contribution in [-0.4, -0.2) is 50.3 Å². The van der Waals surface area contributed by atoms with Crippen molar-refractivity contribution in [1.82, 2.24) is 9.88 Å². The van der Waals surface area contributed by atoms with Gasteiger partial charge in [-0.25, -0.2) is 22.8 Å². The van der Waals surface area contributed by atoms with Gasteiger partial charge >= 0.3 is 6.18 Å². The maximum Gasteiger partial charge on any atom is 0.433 e. The zero-order valence-electron chi connectivity index (χ0n) is 16.6. The molecule has 0 radical (unpaired) electrons. The average Bonchev–Trinajstić information content (AvgIpc) is 3.50. The van der Waals surface area contributed by atoms with Gasteiger partial charge in [0.15, 0.2) is 15.7 Å². The van der Waals surface area contributed by atoms with Crippen LogP contribution in [0.15, 0.2) is 46.3 Å². The van der Waals surface area contributed by atoms with Gasteiger partial charge in [-0.1, -0.05) is 6.07 Å². The normalized spacial score (nSPS) is 17.6. The zero-order valence-corrected chi connectivity index (χ0v) is 17.4. The highest BCUT2D eigenvalue weighted by Crippen LogP contribution is 2.32. The summed E-state index contributed by atoms with van der Waals surface area (Å²) >= 11 is 0. The van der Waals surface area contributed by atoms with Gasteiger partial charge in [0, 0.05) is 18.5 Å². The van der Waals surface area contributed by atoms with Crippen molar-refractivity contribution in [2.24, 2.45) is 10.9 Å². The zero-order chi connectivity index (χ0) is 22.4. The second-order valence-corrected chi connectivity index (χ2v) is 9.81. The molecule has 0 unspecified atom stereocenters. The van der Waals surface area contributed by atoms with Gasteiger partial charge in [-0.2, -0.15) is 13.2 Å². The summed E-state index contributed by atoms with van der Waals surface area (Å²) in [6, 6.07) is 7.22. The van der Waals surface area contributed by atoms with E-state index < -0.39 is 27.5 Å². The summed E-state index contributed by atoms with van der Waals surface area (Å²) in [6.45, 7) is 0.822. The van der Waals surface area contributed by atoms with Crippen molar-refractivity contribution in [1.29, 1.82) is 0 Å². The number of aliphatic imine (C=N–C) groups is 1. The summed E-state index contributed by atoms with van der Waals surface area (Å²) in [5.74, 6) is 0.0463. The molecule has 0 saturated heterocycles. The Balaban J connectivity index is 1.68. The number of sulfone groups is 1. The molecule has 1 aliphatic carbocycles. The second-order valence-electron chi connectivity index (χ2n) is 7.79. The molecular weight excluding hydrogens is 436 g/mol. The number of halogens is 4. The van der Waals surface area contributed by atoms with Gasteiger partial charge in [0.05, 0.1) is 11.6 Å². The van der Waals surface area contributed by atoms with E-state index in [2.05, 4.69) is 9.98 Å². The van der Waals surface area contributed by atoms with E-state index in [-0.39, 0.29) is 23.9 Å². The number of anilines is 1. The molecule has 1 saturated carbocycles. The fourth-order valence-electron chi connectivity index (χ4n) is 3.39. The highest BCUT2D eigenvalue weighted by molar-refractivity contribution is 7.90. The van der Waals surface area contributed by atoms with Crippen LogP contribution in [0.4, 0.5) is 23.2 Å². The first-order valence-electron chi connectivity index (χ1n) is 9.60. The Labute approximate surface area is 177 Å². The highest BCUT2D eigenvalue weighted by atomic mass is 32.2. The lowest BCUT2D eigenvalue weighted by atomic mass is 10.2. The number of nitrogens with zero attached hydrogens (tertiary/aromatic N) is 4. The van der Waals surface area contributed by atoms with E-state index in [1.54, 1.807) is 4.90 Å². The molecule has 0 N–H and O–H groups in total. The smallest absolute Gasteiger partial charge is 0.337 e. The van der Waals surface area contributed by atoms with Crippen LogP contribution in [0.5, 0.6) is 0 Å². The topological polar surface area (TPSA) is 65.9 Å². The quantitative estimate of drug-likeness (QED) is 0.644. The fourth-order valence-corrected chi connectivity index (χ4v) is 4.06. The first-order valence-corrected chi connectivity index (χ1v) is 11.5. The molecule has 0 amide bonds. The van der Waals surface area contributed by atoms with Crippen LogP contribution < -0.4 is 4.90 Å². The Kier molecular flexibility index (Phi) is 5.40. The van der Waals surface area contributed by atoms with Crippen molar-refractivity contribution in [3.8, 4) is 0 Å². The van der Waals surface area contributed by atoms with Crippen molar-refractivity contribution in [2.45, 2.75) is 23.9 Å². The van der Waals surface area contributed by atoms with Gasteiger partial charge in [-0.15, -0.1) is 0 Å². The lowest BCUT2D eigenvalue weighted by Crippen LogP contribution is -2.48. The van der Waals surface area contributed by atoms with Crippen LogP contribution in [0.3, 0.4) is 0 Å². The number of benzene rings is 1. The lowest BCUT2D eigenvalue weighted by molar-refractivity contribution is -0.141. The van der Waals surface area contributed by atoms with E-state index in [9.17, 15) is 26.0 Å². The molecule has 2 aliphatic rings. The standard InChI is InChI=1S/C20H20F4N4O2S/c1-31(29,30)16-8-14(21)7-15(9-16)28-11-25-19(27(12-28)10-13-5-6-13)17-3-2-4-18(26-17)20(22,23)24/h2-4,7-9,13H,5-6,10-12H2,1H3. The summed E-state index contributed by atoms with van der Waals surface area (Å²) in [4.78, 5) is 11.5. The number of alkyl halides is 3. The third-order valence-electron chi connectivity index (χ3n) is 5.13. The third-order valence-corrected chi connectivity index (χ3v) is 6.22. The van der Waals surface area contributed by atoms with Crippen LogP contribution in [0.2, 0.25) is 0 Å². The monoisotopic (exact) mass is 456 g/mol. The van der Waals surface area contributed by atoms with Gasteiger partial charge < -0.3 is 9.80 Å². The molecule has 1 aliphatic heterocycles. The average molecular weight is 456 g/mol. The largest absolute Gasteiger partial charge is 0.433 e. The van der Waals surface area contributed by atoms with Crippen LogP contribution >= 0.6 is 0 Å². The molecule has 4 rings (SSSR count). The first kappa shape index (κ1) is 21.5. The minimum absolute atomic E-state index is 0.0288. The van der Waals surface area contributed by atoms with E-state index in [0.29, 0.717) is 24.0 Å². The highest BCUT2D eigenvalue weighted by Gasteiger charge is 2.34. The number of aromatic nitrogens is 1. The van der Waals surface area contributed by atoms with Gasteiger partial charge in [-0.05, 0) is 49.1 Å². The first-order chi connectivity index (χ1) is 14.5. The second kappa shape index (κ2) is 7.77. The number of hydrogen-bond donors (Lipinski definition) is 0. The maximum atomic E-state index is 14.1. The predicted molar refractivity (Wildman–Crippen MR) is 107 cm³/mol. The minimum atomic E-state index is -4.57. The van der Waals surface area contributed by atoms with Crippen molar-refractivity contribution >= 4 is 21.4 Å². The fraction of sp³-hybridized carbons (Fsp3) is 0.400. The van der Waals surface area contributed by atoms with E-state index >= 15 is 0 Å². The molecule has 2 aromatic rings. The molecule has 0 spiro atoms. The Morgan fingerprint density at radius 3 is 2.55 bits per heavy atom. The number of amidine groups is 1. The molecule has 11 heteroatoms. The molecule has 0 atom stereocenters. The Morgan fingerprint density at radius 2 is 1.90 bits per heavy atom. The Hall–Kier alpha value is -2.69. The van der Waals surface area contributed by atoms with Gasteiger partial charge in [0.2, 0.25) is 0 Å². The van der Waals surface area contributed by atoms with Gasteiger partial charge in [-0.3, -0.25) is 0 Å². The van der Waals surface area contributed by atoms with Crippen LogP contribution in [0, 0.1) is 11.7 Å².